The maximum atomic E-state index is 12.2. The zero-order valence-corrected chi connectivity index (χ0v) is 13.8. The molecule has 0 aromatic heterocycles. The average molecular weight is 349 g/mol. The number of amides is 2. The highest BCUT2D eigenvalue weighted by Gasteiger charge is 2.28. The summed E-state index contributed by atoms with van der Waals surface area (Å²) in [7, 11) is 0. The maximum absolute atomic E-state index is 12.2. The number of hydrogen-bond donors (Lipinski definition) is 1. The van der Waals surface area contributed by atoms with Crippen LogP contribution in [0.25, 0.3) is 0 Å². The first kappa shape index (κ1) is 18.4. The second-order valence-corrected chi connectivity index (χ2v) is 5.88. The fourth-order valence-electron chi connectivity index (χ4n) is 2.73. The van der Waals surface area contributed by atoms with Gasteiger partial charge in [0.15, 0.2) is 0 Å². The topological polar surface area (TPSA) is 133 Å². The van der Waals surface area contributed by atoms with E-state index in [4.69, 9.17) is 10.5 Å². The van der Waals surface area contributed by atoms with E-state index in [9.17, 15) is 24.5 Å². The van der Waals surface area contributed by atoms with Gasteiger partial charge in [0.1, 0.15) is 6.61 Å². The lowest BCUT2D eigenvalue weighted by Crippen LogP contribution is -2.41. The van der Waals surface area contributed by atoms with Crippen LogP contribution < -0.4 is 5.73 Å². The molecule has 2 rings (SSSR count). The summed E-state index contributed by atoms with van der Waals surface area (Å²) >= 11 is 0. The Bertz CT molecular complexity index is 718. The molecule has 9 heteroatoms. The normalized spacial score (nSPS) is 17.0. The molecule has 0 radical (unpaired) electrons. The number of nitro benzene ring substituents is 1. The highest BCUT2D eigenvalue weighted by molar-refractivity contribution is 5.93. The molecule has 1 heterocycles. The van der Waals surface area contributed by atoms with Crippen LogP contribution in [0, 0.1) is 16.0 Å². The van der Waals surface area contributed by atoms with Crippen molar-refractivity contribution < 1.29 is 24.0 Å². The first-order valence-corrected chi connectivity index (χ1v) is 7.79. The van der Waals surface area contributed by atoms with E-state index in [-0.39, 0.29) is 35.9 Å². The van der Waals surface area contributed by atoms with Crippen LogP contribution in [0.4, 0.5) is 5.69 Å². The Morgan fingerprint density at radius 1 is 1.40 bits per heavy atom. The van der Waals surface area contributed by atoms with Crippen LogP contribution in [-0.2, 0) is 20.9 Å². The molecule has 2 N–H and O–H groups in total. The zero-order valence-electron chi connectivity index (χ0n) is 13.8. The van der Waals surface area contributed by atoms with E-state index in [1.807, 2.05) is 0 Å². The number of ether oxygens (including phenoxy) is 1. The van der Waals surface area contributed by atoms with Crippen molar-refractivity contribution in [2.75, 3.05) is 13.1 Å². The predicted octanol–water partition coefficient (Wildman–Crippen LogP) is 0.995. The first-order valence-electron chi connectivity index (χ1n) is 7.79. The molecule has 25 heavy (non-hydrogen) atoms. The molecule has 9 nitrogen and oxygen atoms in total. The van der Waals surface area contributed by atoms with E-state index in [1.165, 1.54) is 19.1 Å². The van der Waals surface area contributed by atoms with Gasteiger partial charge >= 0.3 is 5.97 Å². The molecule has 1 aromatic rings. The number of carbonyl (C=O) groups is 3. The van der Waals surface area contributed by atoms with Crippen molar-refractivity contribution in [2.45, 2.75) is 26.4 Å². The quantitative estimate of drug-likeness (QED) is 0.479. The standard InChI is InChI=1S/C16H19N3O6/c1-10(20)18-6-2-3-12(8-18)16(22)25-9-13-5-4-11(15(17)21)7-14(13)19(23)24/h4-5,7,12H,2-3,6,8-9H2,1H3,(H2,17,21). The largest absolute Gasteiger partial charge is 0.460 e. The molecule has 0 spiro atoms. The monoisotopic (exact) mass is 349 g/mol. The zero-order chi connectivity index (χ0) is 18.6. The van der Waals surface area contributed by atoms with Crippen LogP contribution in [0.5, 0.6) is 0 Å². The van der Waals surface area contributed by atoms with E-state index >= 15 is 0 Å². The smallest absolute Gasteiger partial charge is 0.311 e. The number of nitro groups is 1. The van der Waals surface area contributed by atoms with Crippen LogP contribution in [-0.4, -0.2) is 40.7 Å². The Kier molecular flexibility index (Phi) is 5.68. The minimum Gasteiger partial charge on any atom is -0.460 e. The van der Waals surface area contributed by atoms with E-state index in [2.05, 4.69) is 0 Å². The molecule has 1 fully saturated rings. The Hall–Kier alpha value is -2.97. The van der Waals surface area contributed by atoms with Gasteiger partial charge in [-0.25, -0.2) is 0 Å². The van der Waals surface area contributed by atoms with Crippen LogP contribution in [0.2, 0.25) is 0 Å². The second-order valence-electron chi connectivity index (χ2n) is 5.88. The van der Waals surface area contributed by atoms with Crippen molar-refractivity contribution in [3.05, 3.63) is 39.4 Å². The van der Waals surface area contributed by atoms with Crippen molar-refractivity contribution >= 4 is 23.5 Å². The Morgan fingerprint density at radius 3 is 2.72 bits per heavy atom. The molecule has 0 saturated carbocycles. The highest BCUT2D eigenvalue weighted by Crippen LogP contribution is 2.23. The number of rotatable bonds is 5. The van der Waals surface area contributed by atoms with E-state index in [0.29, 0.717) is 19.4 Å². The number of likely N-dealkylation sites (tertiary alicyclic amines) is 1. The number of nitrogens with zero attached hydrogens (tertiary/aromatic N) is 2. The van der Waals surface area contributed by atoms with Gasteiger partial charge in [-0.05, 0) is 25.0 Å². The van der Waals surface area contributed by atoms with Gasteiger partial charge in [-0.2, -0.15) is 0 Å². The Morgan fingerprint density at radius 2 is 2.12 bits per heavy atom. The van der Waals surface area contributed by atoms with E-state index in [1.54, 1.807) is 4.90 Å². The molecule has 134 valence electrons. The summed E-state index contributed by atoms with van der Waals surface area (Å²) in [5.74, 6) is -1.82. The molecule has 1 aliphatic rings. The van der Waals surface area contributed by atoms with Crippen molar-refractivity contribution in [3.8, 4) is 0 Å². The van der Waals surface area contributed by atoms with Crippen LogP contribution >= 0.6 is 0 Å². The number of esters is 1. The van der Waals surface area contributed by atoms with E-state index in [0.717, 1.165) is 6.07 Å². The molecule has 1 aliphatic heterocycles. The van der Waals surface area contributed by atoms with Crippen molar-refractivity contribution in [3.63, 3.8) is 0 Å². The third kappa shape index (κ3) is 4.52. The van der Waals surface area contributed by atoms with Crippen LogP contribution in [0.1, 0.15) is 35.7 Å². The molecular weight excluding hydrogens is 330 g/mol. The highest BCUT2D eigenvalue weighted by atomic mass is 16.6. The number of nitrogens with two attached hydrogens (primary N) is 1. The van der Waals surface area contributed by atoms with E-state index < -0.39 is 22.7 Å². The third-order valence-electron chi connectivity index (χ3n) is 4.14. The van der Waals surface area contributed by atoms with Crippen molar-refractivity contribution in [1.29, 1.82) is 0 Å². The molecular formula is C16H19N3O6. The van der Waals surface area contributed by atoms with Gasteiger partial charge in [0.2, 0.25) is 11.8 Å². The minimum atomic E-state index is -0.779. The Labute approximate surface area is 143 Å². The molecule has 1 saturated heterocycles. The molecule has 1 aromatic carbocycles. The lowest BCUT2D eigenvalue weighted by Gasteiger charge is -2.30. The first-order chi connectivity index (χ1) is 11.8. The number of benzene rings is 1. The molecule has 1 unspecified atom stereocenters. The molecule has 0 bridgehead atoms. The van der Waals surface area contributed by atoms with Crippen molar-refractivity contribution in [2.24, 2.45) is 11.7 Å². The van der Waals surface area contributed by atoms with Gasteiger partial charge in [-0.15, -0.1) is 0 Å². The van der Waals surface area contributed by atoms with Gasteiger partial charge in [-0.1, -0.05) is 0 Å². The summed E-state index contributed by atoms with van der Waals surface area (Å²) < 4.78 is 5.19. The summed E-state index contributed by atoms with van der Waals surface area (Å²) in [6.07, 6.45) is 1.30. The SMILES string of the molecule is CC(=O)N1CCCC(C(=O)OCc2ccc(C(N)=O)cc2[N+](=O)[O-])C1. The van der Waals surface area contributed by atoms with Crippen LogP contribution in [0.3, 0.4) is 0 Å². The number of piperidine rings is 1. The van der Waals surface area contributed by atoms with Gasteiger partial charge in [-0.3, -0.25) is 24.5 Å². The van der Waals surface area contributed by atoms with Crippen LogP contribution in [0.15, 0.2) is 18.2 Å². The average Bonchev–Trinajstić information content (AvgIpc) is 2.59. The van der Waals surface area contributed by atoms with Crippen molar-refractivity contribution in [1.82, 2.24) is 4.90 Å². The fraction of sp³-hybridized carbons (Fsp3) is 0.438. The summed E-state index contributed by atoms with van der Waals surface area (Å²) in [5.41, 5.74) is 4.95. The summed E-state index contributed by atoms with van der Waals surface area (Å²) in [5, 5.41) is 11.1. The molecule has 1 atom stereocenters. The lowest BCUT2D eigenvalue weighted by molar-refractivity contribution is -0.385. The third-order valence-corrected chi connectivity index (χ3v) is 4.14. The number of hydrogen-bond acceptors (Lipinski definition) is 6. The number of carbonyl (C=O) groups excluding carboxylic acids is 3. The second kappa shape index (κ2) is 7.73. The summed E-state index contributed by atoms with van der Waals surface area (Å²) in [6, 6.07) is 3.74. The maximum Gasteiger partial charge on any atom is 0.311 e. The summed E-state index contributed by atoms with van der Waals surface area (Å²) in [4.78, 5) is 46.8. The predicted molar refractivity (Wildman–Crippen MR) is 86.4 cm³/mol. The van der Waals surface area contributed by atoms with Gasteiger partial charge in [0, 0.05) is 31.6 Å². The molecule has 2 amide bonds. The molecule has 0 aliphatic carbocycles. The minimum absolute atomic E-state index is 0.00570. The lowest BCUT2D eigenvalue weighted by atomic mass is 9.98. The summed E-state index contributed by atoms with van der Waals surface area (Å²) in [6.45, 7) is 2.05. The van der Waals surface area contributed by atoms with Gasteiger partial charge in [0.25, 0.3) is 5.69 Å². The Balaban J connectivity index is 2.05. The van der Waals surface area contributed by atoms with Gasteiger partial charge in [0.05, 0.1) is 16.4 Å². The fourth-order valence-corrected chi connectivity index (χ4v) is 2.73. The number of primary amides is 1. The van der Waals surface area contributed by atoms with Gasteiger partial charge < -0.3 is 15.4 Å².